The van der Waals surface area contributed by atoms with Crippen LogP contribution in [0.15, 0.2) is 23.3 Å². The van der Waals surface area contributed by atoms with Crippen LogP contribution in [-0.2, 0) is 0 Å². The molecule has 0 fully saturated rings. The highest BCUT2D eigenvalue weighted by Gasteiger charge is 2.15. The highest BCUT2D eigenvalue weighted by atomic mass is 35.5. The van der Waals surface area contributed by atoms with Gasteiger partial charge in [0.15, 0.2) is 5.82 Å². The van der Waals surface area contributed by atoms with Gasteiger partial charge in [0.05, 0.1) is 0 Å². The minimum Gasteiger partial charge on any atom is -0.492 e. The van der Waals surface area contributed by atoms with Crippen molar-refractivity contribution in [3.63, 3.8) is 0 Å². The Morgan fingerprint density at radius 3 is 2.82 bits per heavy atom. The molecule has 2 aromatic rings. The number of aromatic hydroxyl groups is 1. The fourth-order valence-electron chi connectivity index (χ4n) is 2.02. The third-order valence-electron chi connectivity index (χ3n) is 2.86. The minimum atomic E-state index is -0.0357. The lowest BCUT2D eigenvalue weighted by Gasteiger charge is -2.04. The van der Waals surface area contributed by atoms with Gasteiger partial charge >= 0.3 is 0 Å². The van der Waals surface area contributed by atoms with E-state index in [1.807, 2.05) is 32.1 Å². The van der Waals surface area contributed by atoms with Crippen molar-refractivity contribution in [1.29, 1.82) is 0 Å². The number of allylic oxidation sites excluding steroid dienone is 1. The number of halogens is 2. The normalized spacial score (nSPS) is 13.7. The van der Waals surface area contributed by atoms with Gasteiger partial charge in [0.2, 0.25) is 11.8 Å². The maximum absolute atomic E-state index is 9.87. The number of aromatic nitrogens is 3. The van der Waals surface area contributed by atoms with E-state index in [4.69, 9.17) is 0 Å². The number of H-pyrrole nitrogens is 1. The maximum Gasteiger partial charge on any atom is 0.238 e. The standard InChI is InChI=1S/C14H15N5O.2ClH/c1-8(2)17-14-18-11(13(20)19-14)6-9-7-16-12-10(9)4-3-5-15-12;;/h3-8,20H,1-2H3,(H2,17,18,19);2*1H/b9-6+;;. The number of hydrogen-bond acceptors (Lipinski definition) is 5. The summed E-state index contributed by atoms with van der Waals surface area (Å²) < 4.78 is 0. The molecule has 0 aromatic carbocycles. The van der Waals surface area contributed by atoms with E-state index in [9.17, 15) is 5.11 Å². The van der Waals surface area contributed by atoms with Crippen LogP contribution in [0.25, 0.3) is 11.6 Å². The molecule has 3 rings (SSSR count). The molecular weight excluding hydrogens is 325 g/mol. The number of nitrogens with zero attached hydrogens (tertiary/aromatic N) is 3. The lowest BCUT2D eigenvalue weighted by molar-refractivity contribution is 0.455. The van der Waals surface area contributed by atoms with E-state index in [1.54, 1.807) is 12.4 Å². The predicted molar refractivity (Wildman–Crippen MR) is 93.8 cm³/mol. The van der Waals surface area contributed by atoms with Gasteiger partial charge in [0, 0.05) is 29.6 Å². The van der Waals surface area contributed by atoms with E-state index in [0.717, 1.165) is 11.1 Å². The zero-order chi connectivity index (χ0) is 14.1. The van der Waals surface area contributed by atoms with Crippen LogP contribution in [0.2, 0.25) is 0 Å². The molecule has 6 nitrogen and oxygen atoms in total. The van der Waals surface area contributed by atoms with Gasteiger partial charge in [0.25, 0.3) is 0 Å². The summed E-state index contributed by atoms with van der Waals surface area (Å²) in [5.41, 5.74) is 2.38. The summed E-state index contributed by atoms with van der Waals surface area (Å²) >= 11 is 0. The van der Waals surface area contributed by atoms with Crippen molar-refractivity contribution in [2.75, 3.05) is 5.32 Å². The molecule has 0 aliphatic carbocycles. The van der Waals surface area contributed by atoms with Gasteiger partial charge in [-0.1, -0.05) is 0 Å². The molecule has 0 unspecified atom stereocenters. The van der Waals surface area contributed by atoms with Gasteiger partial charge in [-0.25, -0.2) is 9.98 Å². The Morgan fingerprint density at radius 2 is 2.09 bits per heavy atom. The van der Waals surface area contributed by atoms with Crippen LogP contribution < -0.4 is 5.32 Å². The van der Waals surface area contributed by atoms with Crippen LogP contribution in [0.5, 0.6) is 5.88 Å². The van der Waals surface area contributed by atoms with Crippen molar-refractivity contribution >= 4 is 54.4 Å². The second-order valence-corrected chi connectivity index (χ2v) is 4.85. The molecule has 0 bridgehead atoms. The molecule has 2 aromatic heterocycles. The fraction of sp³-hybridized carbons (Fsp3) is 0.214. The molecule has 0 saturated heterocycles. The Kier molecular flexibility index (Phi) is 5.96. The van der Waals surface area contributed by atoms with Crippen LogP contribution in [-0.4, -0.2) is 32.3 Å². The number of nitrogens with one attached hydrogen (secondary N) is 2. The molecule has 0 atom stereocenters. The average molecular weight is 342 g/mol. The number of aromatic amines is 1. The van der Waals surface area contributed by atoms with Crippen LogP contribution in [0.1, 0.15) is 25.1 Å². The Morgan fingerprint density at radius 1 is 1.32 bits per heavy atom. The van der Waals surface area contributed by atoms with E-state index < -0.39 is 0 Å². The van der Waals surface area contributed by atoms with Gasteiger partial charge in [0.1, 0.15) is 5.69 Å². The Labute approximate surface area is 140 Å². The van der Waals surface area contributed by atoms with Gasteiger partial charge < -0.3 is 15.4 Å². The molecule has 3 N–H and O–H groups in total. The summed E-state index contributed by atoms with van der Waals surface area (Å²) in [6.45, 7) is 4.01. The van der Waals surface area contributed by atoms with Crippen molar-refractivity contribution < 1.29 is 5.11 Å². The molecule has 22 heavy (non-hydrogen) atoms. The third-order valence-corrected chi connectivity index (χ3v) is 2.86. The summed E-state index contributed by atoms with van der Waals surface area (Å²) in [4.78, 5) is 15.5. The SMILES string of the molecule is CC(C)Nc1nc(O)c(/C=C2\C=Nc3ncccc32)[nH]1.Cl.Cl. The Hall–Kier alpha value is -2.05. The smallest absolute Gasteiger partial charge is 0.238 e. The summed E-state index contributed by atoms with van der Waals surface area (Å²) in [5.74, 6) is 1.20. The van der Waals surface area contributed by atoms with Crippen molar-refractivity contribution in [3.8, 4) is 5.88 Å². The number of rotatable bonds is 3. The lowest BCUT2D eigenvalue weighted by atomic mass is 10.1. The van der Waals surface area contributed by atoms with Gasteiger partial charge in [-0.15, -0.1) is 24.8 Å². The first-order valence-corrected chi connectivity index (χ1v) is 6.40. The first-order valence-electron chi connectivity index (χ1n) is 6.40. The topological polar surface area (TPSA) is 86.2 Å². The van der Waals surface area contributed by atoms with Crippen molar-refractivity contribution in [2.24, 2.45) is 4.99 Å². The second kappa shape index (κ2) is 7.29. The first kappa shape index (κ1) is 18.0. The number of imidazole rings is 1. The molecule has 0 saturated carbocycles. The zero-order valence-corrected chi connectivity index (χ0v) is 13.7. The molecule has 3 heterocycles. The Balaban J connectivity index is 0.00000121. The van der Waals surface area contributed by atoms with Gasteiger partial charge in [-0.2, -0.15) is 4.98 Å². The molecule has 0 amide bonds. The van der Waals surface area contributed by atoms with Crippen molar-refractivity contribution in [3.05, 3.63) is 29.6 Å². The van der Waals surface area contributed by atoms with E-state index in [0.29, 0.717) is 17.5 Å². The van der Waals surface area contributed by atoms with Gasteiger partial charge in [-0.3, -0.25) is 0 Å². The van der Waals surface area contributed by atoms with Crippen LogP contribution in [0, 0.1) is 0 Å². The van der Waals surface area contributed by atoms with E-state index in [2.05, 4.69) is 25.3 Å². The van der Waals surface area contributed by atoms with E-state index in [-0.39, 0.29) is 36.7 Å². The van der Waals surface area contributed by atoms with Crippen molar-refractivity contribution in [2.45, 2.75) is 19.9 Å². The van der Waals surface area contributed by atoms with Crippen LogP contribution in [0.3, 0.4) is 0 Å². The average Bonchev–Trinajstić information content (AvgIpc) is 2.95. The number of fused-ring (bicyclic) bond motifs is 1. The Bertz CT molecular complexity index is 709. The number of hydrogen-bond donors (Lipinski definition) is 3. The molecule has 8 heteroatoms. The van der Waals surface area contributed by atoms with Crippen LogP contribution >= 0.6 is 24.8 Å². The summed E-state index contributed by atoms with van der Waals surface area (Å²) in [6.07, 6.45) is 5.25. The van der Waals surface area contributed by atoms with E-state index in [1.165, 1.54) is 0 Å². The summed E-state index contributed by atoms with van der Waals surface area (Å²) in [6, 6.07) is 4.04. The predicted octanol–water partition coefficient (Wildman–Crippen LogP) is 3.43. The molecule has 0 radical (unpaired) electrons. The zero-order valence-electron chi connectivity index (χ0n) is 12.1. The fourth-order valence-corrected chi connectivity index (χ4v) is 2.02. The lowest BCUT2D eigenvalue weighted by Crippen LogP contribution is -2.10. The first-order chi connectivity index (χ1) is 9.63. The largest absolute Gasteiger partial charge is 0.492 e. The number of aliphatic imine (C=N–C) groups is 1. The van der Waals surface area contributed by atoms with Crippen LogP contribution in [0.4, 0.5) is 11.8 Å². The monoisotopic (exact) mass is 341 g/mol. The molecule has 1 aliphatic heterocycles. The number of anilines is 1. The molecule has 1 aliphatic rings. The summed E-state index contributed by atoms with van der Waals surface area (Å²) in [7, 11) is 0. The minimum absolute atomic E-state index is 0. The molecular formula is C14H17Cl2N5O. The maximum atomic E-state index is 9.87. The van der Waals surface area contributed by atoms with Crippen molar-refractivity contribution in [1.82, 2.24) is 15.0 Å². The van der Waals surface area contributed by atoms with Gasteiger partial charge in [-0.05, 0) is 32.1 Å². The summed E-state index contributed by atoms with van der Waals surface area (Å²) in [5, 5.41) is 13.0. The molecule has 118 valence electrons. The molecule has 0 spiro atoms. The second-order valence-electron chi connectivity index (χ2n) is 4.85. The third kappa shape index (κ3) is 3.58. The highest BCUT2D eigenvalue weighted by Crippen LogP contribution is 2.31. The number of pyridine rings is 1. The quantitative estimate of drug-likeness (QED) is 0.798. The highest BCUT2D eigenvalue weighted by molar-refractivity contribution is 6.20. The van der Waals surface area contributed by atoms with E-state index >= 15 is 0 Å².